The Kier molecular flexibility index (Phi) is 7.80. The van der Waals surface area contributed by atoms with Crippen molar-refractivity contribution in [2.24, 2.45) is 5.10 Å². The molecule has 0 aliphatic heterocycles. The molecule has 7 nitrogen and oxygen atoms in total. The molecule has 0 saturated heterocycles. The highest BCUT2D eigenvalue weighted by molar-refractivity contribution is 5.94. The topological polar surface area (TPSA) is 81.9 Å². The van der Waals surface area contributed by atoms with Crippen molar-refractivity contribution in [3.05, 3.63) is 93.9 Å². The molecule has 0 unspecified atom stereocenters. The van der Waals surface area contributed by atoms with Gasteiger partial charge in [-0.3, -0.25) is 9.59 Å². The molecule has 0 atom stereocenters. The van der Waals surface area contributed by atoms with E-state index in [1.165, 1.54) is 16.8 Å². The molecule has 0 radical (unpaired) electrons. The number of amides is 1. The lowest BCUT2D eigenvalue weighted by Gasteiger charge is -2.12. The summed E-state index contributed by atoms with van der Waals surface area (Å²) < 4.78 is 13.1. The molecule has 1 N–H and O–H groups in total. The van der Waals surface area contributed by atoms with Crippen molar-refractivity contribution in [2.45, 2.75) is 33.4 Å². The number of carbonyl (C=O) groups excluding carboxylic acids is 1. The molecule has 3 aromatic rings. The molecule has 1 amide bonds. The van der Waals surface area contributed by atoms with Gasteiger partial charge in [0.25, 0.3) is 11.5 Å². The van der Waals surface area contributed by atoms with Crippen LogP contribution >= 0.6 is 0 Å². The maximum Gasteiger partial charge on any atom is 0.276 e. The molecule has 166 valence electrons. The molecule has 1 aromatic heterocycles. The predicted molar refractivity (Wildman–Crippen MR) is 125 cm³/mol. The standard InChI is InChI=1S/C25H27N3O4/c1-4-31-23-15-20(12-13-22(23)32-17-19-9-6-5-7-10-19)16-26-27-24(29)21-11-8-14-28(18(2)3)25(21)30/h5-16,18H,4,17H2,1-3H3,(H,27,29)/b26-16-. The van der Waals surface area contributed by atoms with Gasteiger partial charge in [-0.15, -0.1) is 0 Å². The second-order valence-corrected chi connectivity index (χ2v) is 7.34. The summed E-state index contributed by atoms with van der Waals surface area (Å²) in [6, 6.07) is 18.4. The molecule has 3 rings (SSSR count). The maximum absolute atomic E-state index is 12.4. The average Bonchev–Trinajstić information content (AvgIpc) is 2.79. The van der Waals surface area contributed by atoms with E-state index >= 15 is 0 Å². The van der Waals surface area contributed by atoms with E-state index in [4.69, 9.17) is 9.47 Å². The number of pyridine rings is 1. The highest BCUT2D eigenvalue weighted by atomic mass is 16.5. The zero-order valence-corrected chi connectivity index (χ0v) is 18.4. The quantitative estimate of drug-likeness (QED) is 0.406. The van der Waals surface area contributed by atoms with Crippen molar-refractivity contribution in [1.29, 1.82) is 0 Å². The van der Waals surface area contributed by atoms with Crippen LogP contribution in [0.25, 0.3) is 0 Å². The minimum Gasteiger partial charge on any atom is -0.490 e. The zero-order chi connectivity index (χ0) is 22.9. The van der Waals surface area contributed by atoms with E-state index in [0.717, 1.165) is 5.56 Å². The second-order valence-electron chi connectivity index (χ2n) is 7.34. The van der Waals surface area contributed by atoms with Gasteiger partial charge in [-0.05, 0) is 62.2 Å². The Morgan fingerprint density at radius 2 is 1.84 bits per heavy atom. The predicted octanol–water partition coefficient (Wildman–Crippen LogP) is 4.17. The van der Waals surface area contributed by atoms with E-state index in [-0.39, 0.29) is 17.2 Å². The molecule has 32 heavy (non-hydrogen) atoms. The van der Waals surface area contributed by atoms with E-state index in [0.29, 0.717) is 30.3 Å². The Hall–Kier alpha value is -3.87. The van der Waals surface area contributed by atoms with Crippen LogP contribution in [-0.4, -0.2) is 23.3 Å². The lowest BCUT2D eigenvalue weighted by molar-refractivity contribution is 0.0953. The van der Waals surface area contributed by atoms with Gasteiger partial charge >= 0.3 is 0 Å². The average molecular weight is 434 g/mol. The normalized spacial score (nSPS) is 11.0. The molecule has 7 heteroatoms. The number of carbonyl (C=O) groups is 1. The number of hydrogen-bond donors (Lipinski definition) is 1. The Morgan fingerprint density at radius 1 is 1.06 bits per heavy atom. The number of nitrogens with zero attached hydrogens (tertiary/aromatic N) is 2. The Morgan fingerprint density at radius 3 is 2.56 bits per heavy atom. The molecule has 0 fully saturated rings. The number of hydrazone groups is 1. The molecule has 0 saturated carbocycles. The summed E-state index contributed by atoms with van der Waals surface area (Å²) >= 11 is 0. The van der Waals surface area contributed by atoms with Crippen molar-refractivity contribution < 1.29 is 14.3 Å². The van der Waals surface area contributed by atoms with Gasteiger partial charge in [0.1, 0.15) is 12.2 Å². The minimum absolute atomic E-state index is 0.0398. The highest BCUT2D eigenvalue weighted by Gasteiger charge is 2.12. The van der Waals surface area contributed by atoms with Gasteiger partial charge in [-0.1, -0.05) is 30.3 Å². The van der Waals surface area contributed by atoms with Crippen LogP contribution in [0.4, 0.5) is 0 Å². The summed E-state index contributed by atoms with van der Waals surface area (Å²) in [5.74, 6) is 0.645. The van der Waals surface area contributed by atoms with Crippen LogP contribution in [0.2, 0.25) is 0 Å². The van der Waals surface area contributed by atoms with Crippen molar-refractivity contribution >= 4 is 12.1 Å². The minimum atomic E-state index is -0.561. The SMILES string of the molecule is CCOc1cc(/C=N\NC(=O)c2cccn(C(C)C)c2=O)ccc1OCc1ccccc1. The first-order chi connectivity index (χ1) is 15.5. The lowest BCUT2D eigenvalue weighted by atomic mass is 10.2. The van der Waals surface area contributed by atoms with E-state index in [2.05, 4.69) is 10.5 Å². The van der Waals surface area contributed by atoms with Gasteiger partial charge in [0.2, 0.25) is 0 Å². The first-order valence-corrected chi connectivity index (χ1v) is 10.5. The summed E-state index contributed by atoms with van der Waals surface area (Å²) in [6.45, 7) is 6.56. The third-order valence-electron chi connectivity index (χ3n) is 4.66. The van der Waals surface area contributed by atoms with Crippen molar-refractivity contribution in [1.82, 2.24) is 9.99 Å². The van der Waals surface area contributed by atoms with E-state index in [9.17, 15) is 9.59 Å². The Labute approximate surface area is 187 Å². The van der Waals surface area contributed by atoms with E-state index in [1.54, 1.807) is 24.4 Å². The maximum atomic E-state index is 12.4. The molecule has 0 aliphatic carbocycles. The number of hydrogen-bond acceptors (Lipinski definition) is 5. The zero-order valence-electron chi connectivity index (χ0n) is 18.4. The van der Waals surface area contributed by atoms with Crippen LogP contribution in [0, 0.1) is 0 Å². The summed E-state index contributed by atoms with van der Waals surface area (Å²) in [4.78, 5) is 24.8. The van der Waals surface area contributed by atoms with Gasteiger partial charge in [0.05, 0.1) is 12.8 Å². The molecular formula is C25H27N3O4. The lowest BCUT2D eigenvalue weighted by Crippen LogP contribution is -2.31. The Bertz CT molecular complexity index is 1140. The van der Waals surface area contributed by atoms with Crippen LogP contribution in [0.1, 0.15) is 48.3 Å². The van der Waals surface area contributed by atoms with Crippen molar-refractivity contribution in [3.63, 3.8) is 0 Å². The van der Waals surface area contributed by atoms with E-state index in [1.807, 2.05) is 57.2 Å². The fourth-order valence-electron chi connectivity index (χ4n) is 3.04. The summed E-state index contributed by atoms with van der Waals surface area (Å²) in [5.41, 5.74) is 3.87. The summed E-state index contributed by atoms with van der Waals surface area (Å²) in [5, 5.41) is 3.99. The highest BCUT2D eigenvalue weighted by Crippen LogP contribution is 2.28. The number of ether oxygens (including phenoxy) is 2. The number of nitrogens with one attached hydrogen (secondary N) is 1. The number of aromatic nitrogens is 1. The van der Waals surface area contributed by atoms with E-state index < -0.39 is 5.91 Å². The fourth-order valence-corrected chi connectivity index (χ4v) is 3.04. The smallest absolute Gasteiger partial charge is 0.276 e. The summed E-state index contributed by atoms with van der Waals surface area (Å²) in [6.07, 6.45) is 3.15. The molecule has 0 aliphatic rings. The second kappa shape index (κ2) is 10.9. The largest absolute Gasteiger partial charge is 0.490 e. The van der Waals surface area contributed by atoms with Gasteiger partial charge < -0.3 is 14.0 Å². The first kappa shape index (κ1) is 22.8. The van der Waals surface area contributed by atoms with Crippen LogP contribution in [-0.2, 0) is 6.61 Å². The molecular weight excluding hydrogens is 406 g/mol. The van der Waals surface area contributed by atoms with Crippen LogP contribution in [0.5, 0.6) is 11.5 Å². The number of benzene rings is 2. The van der Waals surface area contributed by atoms with Crippen LogP contribution < -0.4 is 20.5 Å². The van der Waals surface area contributed by atoms with Gasteiger partial charge in [0, 0.05) is 12.2 Å². The van der Waals surface area contributed by atoms with Crippen molar-refractivity contribution in [3.8, 4) is 11.5 Å². The van der Waals surface area contributed by atoms with Crippen molar-refractivity contribution in [2.75, 3.05) is 6.61 Å². The summed E-state index contributed by atoms with van der Waals surface area (Å²) in [7, 11) is 0. The first-order valence-electron chi connectivity index (χ1n) is 10.5. The van der Waals surface area contributed by atoms with Gasteiger partial charge in [0.15, 0.2) is 11.5 Å². The number of rotatable bonds is 9. The third-order valence-corrected chi connectivity index (χ3v) is 4.66. The van der Waals surface area contributed by atoms with Crippen LogP contribution in [0.15, 0.2) is 76.8 Å². The van der Waals surface area contributed by atoms with Gasteiger partial charge in [-0.2, -0.15) is 5.10 Å². The van der Waals surface area contributed by atoms with Crippen LogP contribution in [0.3, 0.4) is 0 Å². The third kappa shape index (κ3) is 5.85. The molecule has 2 aromatic carbocycles. The molecule has 0 bridgehead atoms. The molecule has 1 heterocycles. The van der Waals surface area contributed by atoms with Gasteiger partial charge in [-0.25, -0.2) is 5.43 Å². The monoisotopic (exact) mass is 433 g/mol. The molecule has 0 spiro atoms. The Balaban J connectivity index is 1.69. The fraction of sp³-hybridized carbons (Fsp3) is 0.240.